The Morgan fingerprint density at radius 3 is 2.73 bits per heavy atom. The molecule has 22 heavy (non-hydrogen) atoms. The molecule has 1 aromatic rings. The Morgan fingerprint density at radius 2 is 2.14 bits per heavy atom. The zero-order valence-electron chi connectivity index (χ0n) is 12.2. The third kappa shape index (κ3) is 3.85. The van der Waals surface area contributed by atoms with E-state index in [0.717, 1.165) is 37.9 Å². The third-order valence-corrected chi connectivity index (χ3v) is 4.07. The second-order valence-corrected chi connectivity index (χ2v) is 5.72. The number of nitrogens with one attached hydrogen (secondary N) is 1. The first-order valence-electron chi connectivity index (χ1n) is 7.16. The SMILES string of the molecule is CC1CCCCN1c1ccc(C(F)(F)F)cc1NC(=O)CCl. The molecular formula is C15H18ClF3N2O. The van der Waals surface area contributed by atoms with Gasteiger partial charge in [-0.05, 0) is 44.4 Å². The number of nitrogens with zero attached hydrogens (tertiary/aromatic N) is 1. The Hall–Kier alpha value is -1.43. The number of piperidine rings is 1. The van der Waals surface area contributed by atoms with Gasteiger partial charge in [-0.1, -0.05) is 0 Å². The first-order valence-corrected chi connectivity index (χ1v) is 7.70. The quantitative estimate of drug-likeness (QED) is 0.838. The van der Waals surface area contributed by atoms with Crippen LogP contribution in [0.4, 0.5) is 24.5 Å². The molecule has 0 bridgehead atoms. The van der Waals surface area contributed by atoms with Crippen LogP contribution in [0.1, 0.15) is 31.7 Å². The molecule has 0 saturated carbocycles. The van der Waals surface area contributed by atoms with Gasteiger partial charge in [-0.2, -0.15) is 13.2 Å². The highest BCUT2D eigenvalue weighted by Gasteiger charge is 2.32. The van der Waals surface area contributed by atoms with Gasteiger partial charge in [-0.25, -0.2) is 0 Å². The minimum Gasteiger partial charge on any atom is -0.367 e. The number of benzene rings is 1. The molecule has 7 heteroatoms. The molecule has 1 saturated heterocycles. The maximum Gasteiger partial charge on any atom is 0.416 e. The molecule has 1 aliphatic rings. The molecule has 0 radical (unpaired) electrons. The summed E-state index contributed by atoms with van der Waals surface area (Å²) in [6, 6.07) is 3.67. The first kappa shape index (κ1) is 16.9. The summed E-state index contributed by atoms with van der Waals surface area (Å²) in [5.74, 6) is -0.822. The highest BCUT2D eigenvalue weighted by molar-refractivity contribution is 6.29. The van der Waals surface area contributed by atoms with Crippen LogP contribution in [-0.4, -0.2) is 24.4 Å². The van der Waals surface area contributed by atoms with Gasteiger partial charge in [0.1, 0.15) is 5.88 Å². The molecule has 2 rings (SSSR count). The molecule has 1 aliphatic heterocycles. The summed E-state index contributed by atoms with van der Waals surface area (Å²) in [4.78, 5) is 13.6. The van der Waals surface area contributed by atoms with E-state index in [1.165, 1.54) is 6.07 Å². The standard InChI is InChI=1S/C15H18ClF3N2O/c1-10-4-2-3-7-21(10)13-6-5-11(15(17,18)19)8-12(13)20-14(22)9-16/h5-6,8,10H,2-4,7,9H2,1H3,(H,20,22). The minimum absolute atomic E-state index is 0.161. The third-order valence-electron chi connectivity index (χ3n) is 3.83. The molecular weight excluding hydrogens is 317 g/mol. The van der Waals surface area contributed by atoms with Crippen molar-refractivity contribution in [3.63, 3.8) is 0 Å². The molecule has 122 valence electrons. The van der Waals surface area contributed by atoms with Gasteiger partial charge in [0.15, 0.2) is 0 Å². The van der Waals surface area contributed by atoms with Crippen molar-refractivity contribution in [1.29, 1.82) is 0 Å². The number of amides is 1. The first-order chi connectivity index (χ1) is 10.3. The second kappa shape index (κ2) is 6.77. The summed E-state index contributed by atoms with van der Waals surface area (Å²) in [5, 5.41) is 2.48. The van der Waals surface area contributed by atoms with Crippen LogP contribution in [0.5, 0.6) is 0 Å². The molecule has 1 amide bonds. The Bertz CT molecular complexity index is 548. The van der Waals surface area contributed by atoms with E-state index in [2.05, 4.69) is 5.32 Å². The largest absolute Gasteiger partial charge is 0.416 e. The highest BCUT2D eigenvalue weighted by atomic mass is 35.5. The fourth-order valence-electron chi connectivity index (χ4n) is 2.70. The van der Waals surface area contributed by atoms with Gasteiger partial charge < -0.3 is 10.2 Å². The average Bonchev–Trinajstić information content (AvgIpc) is 2.47. The van der Waals surface area contributed by atoms with Crippen LogP contribution in [0.3, 0.4) is 0 Å². The highest BCUT2D eigenvalue weighted by Crippen LogP contribution is 2.37. The van der Waals surface area contributed by atoms with Gasteiger partial charge in [-0.15, -0.1) is 11.6 Å². The lowest BCUT2D eigenvalue weighted by atomic mass is 10.0. The van der Waals surface area contributed by atoms with E-state index in [-0.39, 0.29) is 17.6 Å². The van der Waals surface area contributed by atoms with Crippen molar-refractivity contribution in [2.75, 3.05) is 22.6 Å². The number of halogens is 4. The number of rotatable bonds is 3. The van der Waals surface area contributed by atoms with Crippen molar-refractivity contribution in [3.05, 3.63) is 23.8 Å². The molecule has 1 fully saturated rings. The summed E-state index contributed by atoms with van der Waals surface area (Å²) >= 11 is 5.45. The van der Waals surface area contributed by atoms with Crippen molar-refractivity contribution < 1.29 is 18.0 Å². The normalized spacial score (nSPS) is 19.1. The summed E-state index contributed by atoms with van der Waals surface area (Å²) in [7, 11) is 0. The number of carbonyl (C=O) groups excluding carboxylic acids is 1. The van der Waals surface area contributed by atoms with Crippen LogP contribution in [0.2, 0.25) is 0 Å². The van der Waals surface area contributed by atoms with Crippen molar-refractivity contribution in [2.45, 2.75) is 38.4 Å². The van der Waals surface area contributed by atoms with Gasteiger partial charge in [0.05, 0.1) is 16.9 Å². The Kier molecular flexibility index (Phi) is 5.21. The maximum atomic E-state index is 12.9. The summed E-state index contributed by atoms with van der Waals surface area (Å²) in [6.45, 7) is 2.79. The fraction of sp³-hybridized carbons (Fsp3) is 0.533. The van der Waals surface area contributed by atoms with Crippen LogP contribution < -0.4 is 10.2 Å². The lowest BCUT2D eigenvalue weighted by molar-refractivity contribution is -0.137. The summed E-state index contributed by atoms with van der Waals surface area (Å²) in [6.07, 6.45) is -1.40. The van der Waals surface area contributed by atoms with E-state index in [9.17, 15) is 18.0 Å². The van der Waals surface area contributed by atoms with Crippen LogP contribution in [0.15, 0.2) is 18.2 Å². The number of hydrogen-bond donors (Lipinski definition) is 1. The molecule has 1 N–H and O–H groups in total. The average molecular weight is 335 g/mol. The molecule has 1 aromatic carbocycles. The van der Waals surface area contributed by atoms with Gasteiger partial charge >= 0.3 is 6.18 Å². The van der Waals surface area contributed by atoms with E-state index in [1.54, 1.807) is 0 Å². The van der Waals surface area contributed by atoms with Crippen LogP contribution in [-0.2, 0) is 11.0 Å². The smallest absolute Gasteiger partial charge is 0.367 e. The fourth-order valence-corrected chi connectivity index (χ4v) is 2.77. The molecule has 0 aliphatic carbocycles. The Balaban J connectivity index is 2.40. The van der Waals surface area contributed by atoms with E-state index >= 15 is 0 Å². The Labute approximate surface area is 132 Å². The zero-order valence-corrected chi connectivity index (χ0v) is 13.0. The Morgan fingerprint density at radius 1 is 1.41 bits per heavy atom. The minimum atomic E-state index is -4.45. The van der Waals surface area contributed by atoms with Crippen molar-refractivity contribution in [2.24, 2.45) is 0 Å². The maximum absolute atomic E-state index is 12.9. The predicted molar refractivity (Wildman–Crippen MR) is 81.5 cm³/mol. The number of alkyl halides is 4. The van der Waals surface area contributed by atoms with Crippen LogP contribution >= 0.6 is 11.6 Å². The van der Waals surface area contributed by atoms with E-state index in [0.29, 0.717) is 5.69 Å². The van der Waals surface area contributed by atoms with Crippen molar-refractivity contribution >= 4 is 28.9 Å². The molecule has 1 unspecified atom stereocenters. The lowest BCUT2D eigenvalue weighted by Crippen LogP contribution is -2.38. The summed E-state index contributed by atoms with van der Waals surface area (Å²) < 4.78 is 38.7. The van der Waals surface area contributed by atoms with E-state index in [4.69, 9.17) is 11.6 Å². The van der Waals surface area contributed by atoms with Crippen molar-refractivity contribution in [3.8, 4) is 0 Å². The van der Waals surface area contributed by atoms with Crippen LogP contribution in [0, 0.1) is 0 Å². The second-order valence-electron chi connectivity index (χ2n) is 5.45. The molecule has 0 aromatic heterocycles. The van der Waals surface area contributed by atoms with E-state index in [1.807, 2.05) is 11.8 Å². The molecule has 1 atom stereocenters. The lowest BCUT2D eigenvalue weighted by Gasteiger charge is -2.36. The van der Waals surface area contributed by atoms with Gasteiger partial charge in [0, 0.05) is 12.6 Å². The van der Waals surface area contributed by atoms with Crippen molar-refractivity contribution in [1.82, 2.24) is 0 Å². The molecule has 3 nitrogen and oxygen atoms in total. The van der Waals surface area contributed by atoms with Gasteiger partial charge in [0.25, 0.3) is 0 Å². The summed E-state index contributed by atoms with van der Waals surface area (Å²) in [5.41, 5.74) is -0.0151. The number of anilines is 2. The predicted octanol–water partition coefficient (Wildman–Crippen LogP) is 4.26. The van der Waals surface area contributed by atoms with E-state index < -0.39 is 17.6 Å². The zero-order chi connectivity index (χ0) is 16.3. The van der Waals surface area contributed by atoms with Gasteiger partial charge in [0.2, 0.25) is 5.91 Å². The van der Waals surface area contributed by atoms with Crippen LogP contribution in [0.25, 0.3) is 0 Å². The molecule has 0 spiro atoms. The monoisotopic (exact) mass is 334 g/mol. The number of carbonyl (C=O) groups is 1. The number of hydrogen-bond acceptors (Lipinski definition) is 2. The van der Waals surface area contributed by atoms with Gasteiger partial charge in [-0.3, -0.25) is 4.79 Å². The molecule has 1 heterocycles. The topological polar surface area (TPSA) is 32.3 Å².